The first kappa shape index (κ1) is 11.3. The van der Waals surface area contributed by atoms with Gasteiger partial charge in [0.2, 0.25) is 0 Å². The molecule has 0 aliphatic carbocycles. The predicted octanol–water partition coefficient (Wildman–Crippen LogP) is 0.995. The van der Waals surface area contributed by atoms with Gasteiger partial charge in [-0.05, 0) is 6.42 Å². The second-order valence-electron chi connectivity index (χ2n) is 3.62. The number of hydrogen-bond acceptors (Lipinski definition) is 5. The zero-order valence-electron chi connectivity index (χ0n) is 9.05. The van der Waals surface area contributed by atoms with E-state index in [1.165, 1.54) is 0 Å². The molecule has 1 atom stereocenters. The van der Waals surface area contributed by atoms with E-state index >= 15 is 0 Å². The smallest absolute Gasteiger partial charge is 0.334 e. The Bertz CT molecular complexity index is 380. The molecule has 1 aliphatic rings. The van der Waals surface area contributed by atoms with Crippen molar-refractivity contribution in [2.24, 2.45) is 0 Å². The van der Waals surface area contributed by atoms with Gasteiger partial charge in [0.15, 0.2) is 11.2 Å². The van der Waals surface area contributed by atoms with Gasteiger partial charge >= 0.3 is 5.97 Å². The van der Waals surface area contributed by atoms with Crippen LogP contribution in [0.25, 0.3) is 0 Å². The molecule has 16 heavy (non-hydrogen) atoms. The van der Waals surface area contributed by atoms with Crippen LogP contribution in [-0.4, -0.2) is 41.9 Å². The number of aryl methyl sites for hydroxylation is 1. The van der Waals surface area contributed by atoms with E-state index in [1.54, 1.807) is 11.3 Å². The molecule has 1 aliphatic heterocycles. The van der Waals surface area contributed by atoms with Crippen LogP contribution in [0.15, 0.2) is 5.38 Å². The minimum atomic E-state index is -0.906. The monoisotopic (exact) mass is 242 g/mol. The molecule has 0 radical (unpaired) electrons. The maximum absolute atomic E-state index is 10.8. The summed E-state index contributed by atoms with van der Waals surface area (Å²) in [7, 11) is 0. The van der Waals surface area contributed by atoms with E-state index in [0.29, 0.717) is 19.7 Å². The number of nitrogens with zero attached hydrogens (tertiary/aromatic N) is 2. The van der Waals surface area contributed by atoms with Crippen LogP contribution >= 0.6 is 11.3 Å². The highest BCUT2D eigenvalue weighted by Gasteiger charge is 2.27. The molecule has 0 spiro atoms. The number of morpholine rings is 1. The van der Waals surface area contributed by atoms with Crippen LogP contribution in [-0.2, 0) is 16.0 Å². The summed E-state index contributed by atoms with van der Waals surface area (Å²) in [6.07, 6.45) is 0.172. The van der Waals surface area contributed by atoms with Gasteiger partial charge in [-0.25, -0.2) is 9.78 Å². The third-order valence-electron chi connectivity index (χ3n) is 2.51. The van der Waals surface area contributed by atoms with Crippen molar-refractivity contribution < 1.29 is 14.6 Å². The van der Waals surface area contributed by atoms with Crippen LogP contribution in [0.2, 0.25) is 0 Å². The Hall–Kier alpha value is -1.14. The molecule has 2 rings (SSSR count). The lowest BCUT2D eigenvalue weighted by Gasteiger charge is -2.30. The Morgan fingerprint density at radius 2 is 2.62 bits per heavy atom. The standard InChI is InChI=1S/C10H14N2O3S/c1-2-7-6-16-10(11-7)12-3-4-15-8(5-12)9(13)14/h6,8H,2-5H2,1H3,(H,13,14). The summed E-state index contributed by atoms with van der Waals surface area (Å²) >= 11 is 1.56. The average Bonchev–Trinajstić information content (AvgIpc) is 2.77. The van der Waals surface area contributed by atoms with Crippen molar-refractivity contribution in [3.05, 3.63) is 11.1 Å². The van der Waals surface area contributed by atoms with Crippen molar-refractivity contribution in [2.75, 3.05) is 24.6 Å². The third-order valence-corrected chi connectivity index (χ3v) is 3.46. The number of carbonyl (C=O) groups is 1. The van der Waals surface area contributed by atoms with Crippen molar-refractivity contribution in [1.29, 1.82) is 0 Å². The highest BCUT2D eigenvalue weighted by Crippen LogP contribution is 2.22. The van der Waals surface area contributed by atoms with Crippen LogP contribution in [0.5, 0.6) is 0 Å². The number of hydrogen-bond donors (Lipinski definition) is 1. The highest BCUT2D eigenvalue weighted by molar-refractivity contribution is 7.13. The molecule has 88 valence electrons. The molecule has 2 heterocycles. The first-order valence-corrected chi connectivity index (χ1v) is 6.12. The Kier molecular flexibility index (Phi) is 3.40. The second kappa shape index (κ2) is 4.80. The zero-order valence-corrected chi connectivity index (χ0v) is 9.87. The van der Waals surface area contributed by atoms with Gasteiger partial charge in [-0.2, -0.15) is 0 Å². The molecule has 0 amide bonds. The van der Waals surface area contributed by atoms with Gasteiger partial charge in [0.25, 0.3) is 0 Å². The topological polar surface area (TPSA) is 62.7 Å². The fraction of sp³-hybridized carbons (Fsp3) is 0.600. The van der Waals surface area contributed by atoms with Gasteiger partial charge in [0.05, 0.1) is 18.8 Å². The van der Waals surface area contributed by atoms with E-state index in [9.17, 15) is 4.79 Å². The molecule has 0 bridgehead atoms. The lowest BCUT2D eigenvalue weighted by molar-refractivity contribution is -0.150. The molecule has 1 aromatic heterocycles. The average molecular weight is 242 g/mol. The number of carboxylic acid groups (broad SMARTS) is 1. The van der Waals surface area contributed by atoms with Crippen LogP contribution in [0.4, 0.5) is 5.13 Å². The van der Waals surface area contributed by atoms with Crippen molar-refractivity contribution in [2.45, 2.75) is 19.4 Å². The maximum Gasteiger partial charge on any atom is 0.334 e. The largest absolute Gasteiger partial charge is 0.479 e. The maximum atomic E-state index is 10.8. The lowest BCUT2D eigenvalue weighted by Crippen LogP contribution is -2.46. The Morgan fingerprint density at radius 1 is 1.81 bits per heavy atom. The molecular formula is C10H14N2O3S. The first-order valence-electron chi connectivity index (χ1n) is 5.24. The van der Waals surface area contributed by atoms with Gasteiger partial charge in [-0.1, -0.05) is 6.92 Å². The van der Waals surface area contributed by atoms with Gasteiger partial charge in [-0.3, -0.25) is 0 Å². The molecule has 6 heteroatoms. The van der Waals surface area contributed by atoms with Gasteiger partial charge < -0.3 is 14.7 Å². The third kappa shape index (κ3) is 2.33. The molecule has 5 nitrogen and oxygen atoms in total. The molecule has 1 unspecified atom stereocenters. The zero-order chi connectivity index (χ0) is 11.5. The summed E-state index contributed by atoms with van der Waals surface area (Å²) in [6.45, 7) is 3.59. The number of thiazole rings is 1. The molecular weight excluding hydrogens is 228 g/mol. The minimum Gasteiger partial charge on any atom is -0.479 e. The molecule has 1 N–H and O–H groups in total. The Labute approximate surface area is 97.7 Å². The van der Waals surface area contributed by atoms with Crippen molar-refractivity contribution in [3.8, 4) is 0 Å². The summed E-state index contributed by atoms with van der Waals surface area (Å²) in [6, 6.07) is 0. The quantitative estimate of drug-likeness (QED) is 0.856. The number of aromatic nitrogens is 1. The molecule has 1 aromatic rings. The molecule has 1 saturated heterocycles. The molecule has 0 aromatic carbocycles. The highest BCUT2D eigenvalue weighted by atomic mass is 32.1. The van der Waals surface area contributed by atoms with E-state index < -0.39 is 12.1 Å². The number of ether oxygens (including phenoxy) is 1. The summed E-state index contributed by atoms with van der Waals surface area (Å²) in [4.78, 5) is 17.2. The minimum absolute atomic E-state index is 0.381. The molecule has 0 saturated carbocycles. The van der Waals surface area contributed by atoms with Crippen LogP contribution < -0.4 is 4.90 Å². The van der Waals surface area contributed by atoms with E-state index in [2.05, 4.69) is 11.9 Å². The van der Waals surface area contributed by atoms with Crippen LogP contribution in [0.3, 0.4) is 0 Å². The SMILES string of the molecule is CCc1csc(N2CCOC(C(=O)O)C2)n1. The van der Waals surface area contributed by atoms with Crippen molar-refractivity contribution in [3.63, 3.8) is 0 Å². The first-order chi connectivity index (χ1) is 7.70. The van der Waals surface area contributed by atoms with Gasteiger partial charge in [0, 0.05) is 11.9 Å². The van der Waals surface area contributed by atoms with Crippen LogP contribution in [0, 0.1) is 0 Å². The second-order valence-corrected chi connectivity index (χ2v) is 4.46. The summed E-state index contributed by atoms with van der Waals surface area (Å²) in [5.74, 6) is -0.906. The lowest BCUT2D eigenvalue weighted by atomic mass is 10.3. The van der Waals surface area contributed by atoms with E-state index in [0.717, 1.165) is 17.2 Å². The number of carboxylic acids is 1. The van der Waals surface area contributed by atoms with Crippen molar-refractivity contribution >= 4 is 22.4 Å². The summed E-state index contributed by atoms with van der Waals surface area (Å²) in [5, 5.41) is 11.8. The van der Waals surface area contributed by atoms with Gasteiger partial charge in [0.1, 0.15) is 0 Å². The number of anilines is 1. The fourth-order valence-electron chi connectivity index (χ4n) is 1.58. The molecule has 1 fully saturated rings. The van der Waals surface area contributed by atoms with E-state index in [-0.39, 0.29) is 0 Å². The Balaban J connectivity index is 2.06. The van der Waals surface area contributed by atoms with Crippen LogP contribution in [0.1, 0.15) is 12.6 Å². The summed E-state index contributed by atoms with van der Waals surface area (Å²) in [5.41, 5.74) is 1.05. The predicted molar refractivity (Wildman–Crippen MR) is 61.1 cm³/mol. The number of rotatable bonds is 3. The fourth-order valence-corrected chi connectivity index (χ4v) is 2.52. The van der Waals surface area contributed by atoms with Gasteiger partial charge in [-0.15, -0.1) is 11.3 Å². The Morgan fingerprint density at radius 3 is 3.25 bits per heavy atom. The van der Waals surface area contributed by atoms with E-state index in [4.69, 9.17) is 9.84 Å². The van der Waals surface area contributed by atoms with E-state index in [1.807, 2.05) is 10.3 Å². The van der Waals surface area contributed by atoms with Crippen molar-refractivity contribution in [1.82, 2.24) is 4.98 Å². The normalized spacial score (nSPS) is 21.1. The number of aliphatic carboxylic acids is 1. The summed E-state index contributed by atoms with van der Waals surface area (Å²) < 4.78 is 5.16.